The number of carbonyl (C=O) groups is 1. The number of amides is 1. The van der Waals surface area contributed by atoms with Gasteiger partial charge in [-0.05, 0) is 54.3 Å². The monoisotopic (exact) mass is 398 g/mol. The van der Waals surface area contributed by atoms with Crippen molar-refractivity contribution in [3.8, 4) is 16.9 Å². The predicted octanol–water partition coefficient (Wildman–Crippen LogP) is 3.26. The minimum Gasteiger partial charge on any atom is -0.350 e. The van der Waals surface area contributed by atoms with Crippen LogP contribution in [-0.4, -0.2) is 37.4 Å². The third-order valence-electron chi connectivity index (χ3n) is 4.82. The molecule has 7 nitrogen and oxygen atoms in total. The zero-order valence-electron chi connectivity index (χ0n) is 16.7. The molecule has 1 N–H and O–H groups in total. The van der Waals surface area contributed by atoms with Gasteiger partial charge in [0.05, 0.1) is 5.69 Å². The molecule has 1 amide bonds. The zero-order chi connectivity index (χ0) is 20.8. The third kappa shape index (κ3) is 4.25. The maximum absolute atomic E-state index is 12.9. The summed E-state index contributed by atoms with van der Waals surface area (Å²) < 4.78 is 1.71. The van der Waals surface area contributed by atoms with Crippen molar-refractivity contribution < 1.29 is 4.79 Å². The van der Waals surface area contributed by atoms with Crippen LogP contribution in [0.25, 0.3) is 16.9 Å². The lowest BCUT2D eigenvalue weighted by Crippen LogP contribution is -2.26. The Hall–Kier alpha value is -3.87. The molecular formula is C23H22N6O. The van der Waals surface area contributed by atoms with Gasteiger partial charge in [-0.1, -0.05) is 30.3 Å². The number of rotatable bonds is 7. The molecule has 150 valence electrons. The van der Waals surface area contributed by atoms with E-state index in [1.54, 1.807) is 29.5 Å². The lowest BCUT2D eigenvalue weighted by molar-refractivity contribution is 0.0949. The zero-order valence-corrected chi connectivity index (χ0v) is 16.7. The molecule has 0 aliphatic rings. The first-order valence-electron chi connectivity index (χ1n) is 9.88. The minimum atomic E-state index is -0.261. The summed E-state index contributed by atoms with van der Waals surface area (Å²) in [5.74, 6) is -0.261. The number of aryl methyl sites for hydroxylation is 1. The van der Waals surface area contributed by atoms with Crippen molar-refractivity contribution in [3.05, 3.63) is 90.1 Å². The van der Waals surface area contributed by atoms with E-state index in [0.717, 1.165) is 23.2 Å². The number of pyridine rings is 2. The van der Waals surface area contributed by atoms with Crippen LogP contribution in [0.15, 0.2) is 73.3 Å². The maximum atomic E-state index is 12.9. The van der Waals surface area contributed by atoms with Crippen LogP contribution in [0.2, 0.25) is 0 Å². The molecule has 0 fully saturated rings. The molecule has 0 radical (unpaired) electrons. The fraction of sp³-hybridized carbons (Fsp3) is 0.174. The van der Waals surface area contributed by atoms with Crippen LogP contribution < -0.4 is 5.32 Å². The summed E-state index contributed by atoms with van der Waals surface area (Å²) in [6.07, 6.45) is 8.52. The Morgan fingerprint density at radius 3 is 2.60 bits per heavy atom. The van der Waals surface area contributed by atoms with Gasteiger partial charge in [-0.25, -0.2) is 4.68 Å². The Balaban J connectivity index is 1.64. The van der Waals surface area contributed by atoms with Crippen LogP contribution >= 0.6 is 0 Å². The molecule has 1 aromatic carbocycles. The summed E-state index contributed by atoms with van der Waals surface area (Å²) in [7, 11) is 0. The molecule has 0 bridgehead atoms. The van der Waals surface area contributed by atoms with Crippen molar-refractivity contribution in [1.29, 1.82) is 0 Å². The van der Waals surface area contributed by atoms with Crippen molar-refractivity contribution >= 4 is 5.91 Å². The Kier molecular flexibility index (Phi) is 5.89. The molecule has 0 saturated carbocycles. The molecule has 0 atom stereocenters. The highest BCUT2D eigenvalue weighted by molar-refractivity contribution is 5.98. The van der Waals surface area contributed by atoms with Crippen LogP contribution in [0, 0.1) is 0 Å². The smallest absolute Gasteiger partial charge is 0.274 e. The molecular weight excluding hydrogens is 376 g/mol. The number of benzene rings is 1. The quantitative estimate of drug-likeness (QED) is 0.516. The van der Waals surface area contributed by atoms with Crippen molar-refractivity contribution in [2.75, 3.05) is 6.54 Å². The number of hydrogen-bond donors (Lipinski definition) is 1. The topological polar surface area (TPSA) is 85.6 Å². The molecule has 4 aromatic rings. The van der Waals surface area contributed by atoms with Gasteiger partial charge in [0.25, 0.3) is 5.91 Å². The lowest BCUT2D eigenvalue weighted by Gasteiger charge is -2.10. The van der Waals surface area contributed by atoms with Gasteiger partial charge in [-0.15, -0.1) is 5.10 Å². The Morgan fingerprint density at radius 2 is 1.83 bits per heavy atom. The molecule has 30 heavy (non-hydrogen) atoms. The molecule has 0 spiro atoms. The fourth-order valence-electron chi connectivity index (χ4n) is 3.24. The van der Waals surface area contributed by atoms with Crippen molar-refractivity contribution in [1.82, 2.24) is 30.3 Å². The highest BCUT2D eigenvalue weighted by Crippen LogP contribution is 2.25. The fourth-order valence-corrected chi connectivity index (χ4v) is 3.24. The standard InChI is InChI=1S/C23H22N6O/c1-2-17-5-3-7-20(15-17)29-22(19-9-12-24-13-10-19)21(27-28-29)23(30)26-14-8-18-6-4-11-25-16-18/h3-7,9-13,15-16H,2,8,14H2,1H3,(H,26,30). The van der Waals surface area contributed by atoms with Gasteiger partial charge < -0.3 is 5.32 Å². The molecule has 0 unspecified atom stereocenters. The van der Waals surface area contributed by atoms with Gasteiger partial charge in [0.1, 0.15) is 5.69 Å². The van der Waals surface area contributed by atoms with Crippen LogP contribution in [0.4, 0.5) is 0 Å². The second-order valence-corrected chi connectivity index (χ2v) is 6.82. The maximum Gasteiger partial charge on any atom is 0.274 e. The highest BCUT2D eigenvalue weighted by atomic mass is 16.2. The van der Waals surface area contributed by atoms with Crippen molar-refractivity contribution in [2.24, 2.45) is 0 Å². The van der Waals surface area contributed by atoms with Crippen LogP contribution in [0.5, 0.6) is 0 Å². The van der Waals surface area contributed by atoms with Crippen LogP contribution in [0.3, 0.4) is 0 Å². The largest absolute Gasteiger partial charge is 0.350 e. The summed E-state index contributed by atoms with van der Waals surface area (Å²) in [4.78, 5) is 21.1. The number of nitrogens with zero attached hydrogens (tertiary/aromatic N) is 5. The molecule has 0 saturated heterocycles. The normalized spacial score (nSPS) is 10.7. The first-order chi connectivity index (χ1) is 14.8. The highest BCUT2D eigenvalue weighted by Gasteiger charge is 2.22. The summed E-state index contributed by atoms with van der Waals surface area (Å²) >= 11 is 0. The van der Waals surface area contributed by atoms with Gasteiger partial charge in [-0.3, -0.25) is 14.8 Å². The summed E-state index contributed by atoms with van der Waals surface area (Å²) in [6, 6.07) is 15.6. The average Bonchev–Trinajstić information content (AvgIpc) is 3.26. The second kappa shape index (κ2) is 9.09. The average molecular weight is 398 g/mol. The van der Waals surface area contributed by atoms with E-state index >= 15 is 0 Å². The second-order valence-electron chi connectivity index (χ2n) is 6.82. The number of hydrogen-bond acceptors (Lipinski definition) is 5. The molecule has 0 aliphatic carbocycles. The molecule has 3 aromatic heterocycles. The van der Waals surface area contributed by atoms with Crippen molar-refractivity contribution in [2.45, 2.75) is 19.8 Å². The summed E-state index contributed by atoms with van der Waals surface area (Å²) in [6.45, 7) is 2.59. The first-order valence-corrected chi connectivity index (χ1v) is 9.88. The van der Waals surface area contributed by atoms with E-state index in [1.807, 2.05) is 36.4 Å². The van der Waals surface area contributed by atoms with Crippen LogP contribution in [0.1, 0.15) is 28.5 Å². The summed E-state index contributed by atoms with van der Waals surface area (Å²) in [5, 5.41) is 11.5. The van der Waals surface area contributed by atoms with Gasteiger partial charge in [0.15, 0.2) is 5.69 Å². The van der Waals surface area contributed by atoms with E-state index in [0.29, 0.717) is 18.7 Å². The van der Waals surface area contributed by atoms with Gasteiger partial charge in [0, 0.05) is 36.9 Å². The van der Waals surface area contributed by atoms with Gasteiger partial charge >= 0.3 is 0 Å². The molecule has 3 heterocycles. The van der Waals surface area contributed by atoms with Crippen molar-refractivity contribution in [3.63, 3.8) is 0 Å². The van der Waals surface area contributed by atoms with E-state index in [-0.39, 0.29) is 11.6 Å². The van der Waals surface area contributed by atoms with E-state index < -0.39 is 0 Å². The van der Waals surface area contributed by atoms with E-state index in [9.17, 15) is 4.79 Å². The minimum absolute atomic E-state index is 0.261. The Labute approximate surface area is 174 Å². The molecule has 7 heteroatoms. The SMILES string of the molecule is CCc1cccc(-n2nnc(C(=O)NCCc3cccnc3)c2-c2ccncc2)c1. The third-order valence-corrected chi connectivity index (χ3v) is 4.82. The first kappa shape index (κ1) is 19.4. The lowest BCUT2D eigenvalue weighted by atomic mass is 10.1. The number of carbonyl (C=O) groups excluding carboxylic acids is 1. The van der Waals surface area contributed by atoms with Gasteiger partial charge in [-0.2, -0.15) is 0 Å². The van der Waals surface area contributed by atoms with E-state index in [1.165, 1.54) is 5.56 Å². The van der Waals surface area contributed by atoms with E-state index in [2.05, 4.69) is 44.7 Å². The molecule has 0 aliphatic heterocycles. The number of nitrogens with one attached hydrogen (secondary N) is 1. The van der Waals surface area contributed by atoms with Crippen LogP contribution in [-0.2, 0) is 12.8 Å². The number of aromatic nitrogens is 5. The van der Waals surface area contributed by atoms with Gasteiger partial charge in [0.2, 0.25) is 0 Å². The molecule has 4 rings (SSSR count). The predicted molar refractivity (Wildman–Crippen MR) is 114 cm³/mol. The summed E-state index contributed by atoms with van der Waals surface area (Å²) in [5.41, 5.74) is 4.87. The Bertz CT molecular complexity index is 1120. The van der Waals surface area contributed by atoms with E-state index in [4.69, 9.17) is 0 Å². The Morgan fingerprint density at radius 1 is 1.00 bits per heavy atom.